The minimum atomic E-state index is 1.19. The van der Waals surface area contributed by atoms with Crippen molar-refractivity contribution in [3.8, 4) is 0 Å². The molecule has 0 unspecified atom stereocenters. The summed E-state index contributed by atoms with van der Waals surface area (Å²) in [6.07, 6.45) is 10.2. The average molecular weight is 369 g/mol. The molecule has 0 heteroatoms. The molecule has 0 aliphatic carbocycles. The van der Waals surface area contributed by atoms with Gasteiger partial charge in [-0.1, -0.05) is 100 Å². The summed E-state index contributed by atoms with van der Waals surface area (Å²) in [5.74, 6) is 0. The summed E-state index contributed by atoms with van der Waals surface area (Å²) in [4.78, 5) is 0. The smallest absolute Gasteiger partial charge is 0.00990 e. The zero-order valence-electron chi connectivity index (χ0n) is 17.4. The molecule has 0 aromatic heterocycles. The molecule has 0 fully saturated rings. The lowest BCUT2D eigenvalue weighted by atomic mass is 9.94. The van der Waals surface area contributed by atoms with Gasteiger partial charge in [0, 0.05) is 0 Å². The van der Waals surface area contributed by atoms with Crippen molar-refractivity contribution in [3.05, 3.63) is 71.8 Å². The van der Waals surface area contributed by atoms with E-state index in [-0.39, 0.29) is 0 Å². The van der Waals surface area contributed by atoms with Crippen LogP contribution in [-0.2, 0) is 12.8 Å². The Balaban J connectivity index is 1.71. The van der Waals surface area contributed by atoms with Gasteiger partial charge in [-0.25, -0.2) is 0 Å². The third kappa shape index (κ3) is 3.92. The van der Waals surface area contributed by atoms with Crippen LogP contribution in [0, 0.1) is 0 Å². The van der Waals surface area contributed by atoms with E-state index in [1.807, 2.05) is 0 Å². The number of hydrogen-bond donors (Lipinski definition) is 0. The van der Waals surface area contributed by atoms with Crippen LogP contribution in [0.3, 0.4) is 0 Å². The monoisotopic (exact) mass is 368 g/mol. The highest BCUT2D eigenvalue weighted by Gasteiger charge is 2.06. The fraction of sp³-hybridized carbons (Fsp3) is 0.357. The SMILES string of the molecule is CCCCCc1ccc2c(ccc3c4ccc(CCCCC)cc4ccc23)c1. The first kappa shape index (κ1) is 19.0. The van der Waals surface area contributed by atoms with Crippen LogP contribution in [0.5, 0.6) is 0 Å². The Hall–Kier alpha value is -2.34. The van der Waals surface area contributed by atoms with Gasteiger partial charge in [-0.05, 0) is 69.1 Å². The fourth-order valence-electron chi connectivity index (χ4n) is 4.46. The Morgan fingerprint density at radius 1 is 0.464 bits per heavy atom. The summed E-state index contributed by atoms with van der Waals surface area (Å²) in [6, 6.07) is 23.4. The first-order valence-electron chi connectivity index (χ1n) is 11.2. The maximum absolute atomic E-state index is 2.39. The molecular weight excluding hydrogens is 336 g/mol. The normalized spacial score (nSPS) is 11.6. The number of fused-ring (bicyclic) bond motifs is 5. The van der Waals surface area contributed by atoms with Crippen LogP contribution in [0.4, 0.5) is 0 Å². The largest absolute Gasteiger partial charge is 0.0654 e. The first-order valence-corrected chi connectivity index (χ1v) is 11.2. The summed E-state index contributed by atoms with van der Waals surface area (Å²) < 4.78 is 0. The Morgan fingerprint density at radius 2 is 0.893 bits per heavy atom. The van der Waals surface area contributed by atoms with Gasteiger partial charge in [-0.15, -0.1) is 0 Å². The van der Waals surface area contributed by atoms with E-state index in [1.165, 1.54) is 94.8 Å². The van der Waals surface area contributed by atoms with Crippen molar-refractivity contribution in [2.75, 3.05) is 0 Å². The van der Waals surface area contributed by atoms with Crippen LogP contribution in [0.1, 0.15) is 63.5 Å². The summed E-state index contributed by atoms with van der Waals surface area (Å²) >= 11 is 0. The number of rotatable bonds is 8. The molecule has 144 valence electrons. The predicted molar refractivity (Wildman–Crippen MR) is 125 cm³/mol. The summed E-state index contributed by atoms with van der Waals surface area (Å²) in [7, 11) is 0. The van der Waals surface area contributed by atoms with Gasteiger partial charge in [-0.3, -0.25) is 0 Å². The molecule has 4 rings (SSSR count). The van der Waals surface area contributed by atoms with Crippen molar-refractivity contribution < 1.29 is 0 Å². The quantitative estimate of drug-likeness (QED) is 0.216. The molecule has 0 bridgehead atoms. The van der Waals surface area contributed by atoms with E-state index >= 15 is 0 Å². The van der Waals surface area contributed by atoms with E-state index in [0.29, 0.717) is 0 Å². The van der Waals surface area contributed by atoms with E-state index < -0.39 is 0 Å². The molecule has 0 saturated carbocycles. The zero-order valence-corrected chi connectivity index (χ0v) is 17.4. The summed E-state index contributed by atoms with van der Waals surface area (Å²) in [6.45, 7) is 4.54. The van der Waals surface area contributed by atoms with Gasteiger partial charge in [0.25, 0.3) is 0 Å². The molecular formula is C28H32. The van der Waals surface area contributed by atoms with Crippen LogP contribution >= 0.6 is 0 Å². The van der Waals surface area contributed by atoms with Crippen molar-refractivity contribution in [1.29, 1.82) is 0 Å². The lowest BCUT2D eigenvalue weighted by molar-refractivity contribution is 0.718. The van der Waals surface area contributed by atoms with E-state index in [9.17, 15) is 0 Å². The zero-order chi connectivity index (χ0) is 19.3. The first-order chi connectivity index (χ1) is 13.8. The molecule has 0 saturated heterocycles. The van der Waals surface area contributed by atoms with Gasteiger partial charge in [0.1, 0.15) is 0 Å². The second-order valence-corrected chi connectivity index (χ2v) is 8.25. The number of hydrogen-bond acceptors (Lipinski definition) is 0. The molecule has 0 radical (unpaired) electrons. The van der Waals surface area contributed by atoms with Crippen molar-refractivity contribution >= 4 is 32.3 Å². The van der Waals surface area contributed by atoms with Crippen molar-refractivity contribution in [2.45, 2.75) is 65.2 Å². The molecule has 4 aromatic rings. The van der Waals surface area contributed by atoms with Crippen LogP contribution < -0.4 is 0 Å². The predicted octanol–water partition coefficient (Wildman–Crippen LogP) is 8.61. The number of benzene rings is 4. The molecule has 0 N–H and O–H groups in total. The number of aryl methyl sites for hydroxylation is 2. The third-order valence-electron chi connectivity index (χ3n) is 6.10. The van der Waals surface area contributed by atoms with Crippen LogP contribution in [-0.4, -0.2) is 0 Å². The van der Waals surface area contributed by atoms with Crippen LogP contribution in [0.25, 0.3) is 32.3 Å². The van der Waals surface area contributed by atoms with E-state index in [4.69, 9.17) is 0 Å². The van der Waals surface area contributed by atoms with Crippen LogP contribution in [0.2, 0.25) is 0 Å². The van der Waals surface area contributed by atoms with E-state index in [1.54, 1.807) is 0 Å². The van der Waals surface area contributed by atoms with Crippen LogP contribution in [0.15, 0.2) is 60.7 Å². The highest BCUT2D eigenvalue weighted by atomic mass is 14.1. The Kier molecular flexibility index (Phi) is 5.95. The summed E-state index contributed by atoms with van der Waals surface area (Å²) in [5, 5.41) is 8.26. The molecule has 0 spiro atoms. The van der Waals surface area contributed by atoms with Gasteiger partial charge in [0.2, 0.25) is 0 Å². The average Bonchev–Trinajstić information content (AvgIpc) is 2.73. The maximum atomic E-state index is 2.39. The molecule has 0 aliphatic rings. The molecule has 0 heterocycles. The van der Waals surface area contributed by atoms with Gasteiger partial charge in [0.15, 0.2) is 0 Å². The van der Waals surface area contributed by atoms with Gasteiger partial charge in [0.05, 0.1) is 0 Å². The van der Waals surface area contributed by atoms with Crippen molar-refractivity contribution in [2.24, 2.45) is 0 Å². The molecule has 4 aromatic carbocycles. The Labute approximate surface area is 169 Å². The third-order valence-corrected chi connectivity index (χ3v) is 6.10. The lowest BCUT2D eigenvalue weighted by Crippen LogP contribution is -1.88. The van der Waals surface area contributed by atoms with Gasteiger partial charge in [-0.2, -0.15) is 0 Å². The van der Waals surface area contributed by atoms with E-state index in [2.05, 4.69) is 74.5 Å². The minimum Gasteiger partial charge on any atom is -0.0654 e. The second kappa shape index (κ2) is 8.78. The minimum absolute atomic E-state index is 1.19. The number of unbranched alkanes of at least 4 members (excludes halogenated alkanes) is 4. The second-order valence-electron chi connectivity index (χ2n) is 8.25. The highest BCUT2D eigenvalue weighted by Crippen LogP contribution is 2.32. The van der Waals surface area contributed by atoms with Gasteiger partial charge < -0.3 is 0 Å². The topological polar surface area (TPSA) is 0 Å². The molecule has 0 atom stereocenters. The summed E-state index contributed by atoms with van der Waals surface area (Å²) in [5.41, 5.74) is 2.94. The Morgan fingerprint density at radius 3 is 1.32 bits per heavy atom. The van der Waals surface area contributed by atoms with Gasteiger partial charge >= 0.3 is 0 Å². The Bertz CT molecular complexity index is 998. The highest BCUT2D eigenvalue weighted by molar-refractivity contribution is 6.17. The maximum Gasteiger partial charge on any atom is -0.00990 e. The molecule has 0 nitrogen and oxygen atoms in total. The van der Waals surface area contributed by atoms with Crippen molar-refractivity contribution in [1.82, 2.24) is 0 Å². The molecule has 28 heavy (non-hydrogen) atoms. The van der Waals surface area contributed by atoms with Crippen molar-refractivity contribution in [3.63, 3.8) is 0 Å². The fourth-order valence-corrected chi connectivity index (χ4v) is 4.46. The molecule has 0 aliphatic heterocycles. The molecule has 0 amide bonds. The van der Waals surface area contributed by atoms with E-state index in [0.717, 1.165) is 0 Å². The standard InChI is InChI=1S/C28H32/c1-3-5-7-9-21-11-15-25-23(19-21)13-17-28-26-16-12-22(10-8-6-4-2)20-24(26)14-18-27(25)28/h11-20H,3-10H2,1-2H3. The lowest BCUT2D eigenvalue weighted by Gasteiger charge is -2.10.